The van der Waals surface area contributed by atoms with Gasteiger partial charge in [0.1, 0.15) is 23.0 Å². The van der Waals surface area contributed by atoms with Crippen LogP contribution < -0.4 is 10.1 Å². The Morgan fingerprint density at radius 2 is 1.23 bits per heavy atom. The van der Waals surface area contributed by atoms with Crippen LogP contribution in [-0.2, 0) is 44.0 Å². The molecule has 13 nitrogen and oxygen atoms in total. The summed E-state index contributed by atoms with van der Waals surface area (Å²) >= 11 is 0. The molecule has 6 rings (SSSR count). The van der Waals surface area contributed by atoms with Gasteiger partial charge in [-0.1, -0.05) is 18.2 Å². The first-order chi connectivity index (χ1) is 24.9. The highest BCUT2D eigenvalue weighted by atomic mass is 31.2. The largest absolute Gasteiger partial charge is 0.508 e. The Hall–Kier alpha value is -4.48. The first-order valence-electron chi connectivity index (χ1n) is 16.8. The molecule has 2 aliphatic heterocycles. The van der Waals surface area contributed by atoms with E-state index < -0.39 is 38.1 Å². The van der Waals surface area contributed by atoms with Crippen LogP contribution in [0, 0.1) is 0 Å². The second kappa shape index (κ2) is 14.9. The second-order valence-electron chi connectivity index (χ2n) is 11.9. The molecule has 4 aromatic rings. The summed E-state index contributed by atoms with van der Waals surface area (Å²) in [7, 11) is -7.95. The van der Waals surface area contributed by atoms with Gasteiger partial charge < -0.3 is 43.1 Å². The van der Waals surface area contributed by atoms with Crippen molar-refractivity contribution in [3.05, 3.63) is 112 Å². The number of aromatic hydroxyl groups is 2. The summed E-state index contributed by atoms with van der Waals surface area (Å²) in [5.41, 5.74) is 1.42. The van der Waals surface area contributed by atoms with Crippen molar-refractivity contribution < 1.29 is 56.5 Å². The number of ether oxygens (including phenoxy) is 2. The minimum atomic E-state index is -3.98. The van der Waals surface area contributed by atoms with Crippen molar-refractivity contribution in [2.24, 2.45) is 0 Å². The van der Waals surface area contributed by atoms with Crippen LogP contribution >= 0.6 is 15.2 Å². The summed E-state index contributed by atoms with van der Waals surface area (Å²) in [5, 5.41) is 21.9. The number of esters is 1. The van der Waals surface area contributed by atoms with Gasteiger partial charge in [-0.25, -0.2) is 4.79 Å². The number of rotatable bonds is 14. The predicted octanol–water partition coefficient (Wildman–Crippen LogP) is 8.32. The zero-order valence-corrected chi connectivity index (χ0v) is 30.8. The summed E-state index contributed by atoms with van der Waals surface area (Å²) in [5.74, 6) is -0.718. The minimum absolute atomic E-state index is 0.0400. The number of hydrogen-bond acceptors (Lipinski definition) is 12. The molecule has 0 bridgehead atoms. The number of nitrogens with one attached hydrogen (secondary N) is 1. The maximum absolute atomic E-state index is 13.9. The number of amides is 1. The van der Waals surface area contributed by atoms with Gasteiger partial charge in [-0.2, -0.15) is 0 Å². The molecule has 0 atom stereocenters. The normalized spacial score (nSPS) is 14.4. The Labute approximate surface area is 300 Å². The van der Waals surface area contributed by atoms with E-state index in [0.29, 0.717) is 27.9 Å². The third-order valence-corrected chi connectivity index (χ3v) is 14.6. The summed E-state index contributed by atoms with van der Waals surface area (Å²) in [4.78, 5) is 26.9. The fraction of sp³-hybridized carbons (Fsp3) is 0.297. The number of hydrogen-bond donors (Lipinski definition) is 3. The molecule has 0 aromatic heterocycles. The quantitative estimate of drug-likeness (QED) is 0.0831. The standard InChI is InChI=1S/C37H39NO12P2/c1-5-45-51(43,46-6-2)34(52(44,47-7-3)48-8-4)19-23-9-11-24(12-10-23)35(41)38-25-13-16-29-28(20-25)36(42)50-37(29)30-17-14-26(39)21-32(30)49-33-22-27(40)15-18-31(33)37/h9-18,20-22,34,39-40H,5-8,19H2,1-4H3,(H,38,41). The van der Waals surface area contributed by atoms with Gasteiger partial charge in [-0.05, 0) is 88.2 Å². The van der Waals surface area contributed by atoms with Crippen LogP contribution in [0.2, 0.25) is 0 Å². The number of fused-ring (bicyclic) bond motifs is 6. The lowest BCUT2D eigenvalue weighted by Gasteiger charge is -2.36. The van der Waals surface area contributed by atoms with Crippen molar-refractivity contribution >= 4 is 32.8 Å². The lowest BCUT2D eigenvalue weighted by Crippen LogP contribution is -2.32. The maximum atomic E-state index is 13.9. The van der Waals surface area contributed by atoms with Gasteiger partial charge in [0.15, 0.2) is 11.0 Å². The number of phenols is 2. The van der Waals surface area contributed by atoms with Gasteiger partial charge in [0, 0.05) is 40.1 Å². The topological polar surface area (TPSA) is 176 Å². The van der Waals surface area contributed by atoms with E-state index in [4.69, 9.17) is 27.6 Å². The van der Waals surface area contributed by atoms with E-state index in [0.717, 1.165) is 0 Å². The fourth-order valence-corrected chi connectivity index (χ4v) is 11.9. The number of benzene rings is 4. The molecule has 2 heterocycles. The Morgan fingerprint density at radius 1 is 0.731 bits per heavy atom. The predicted molar refractivity (Wildman–Crippen MR) is 192 cm³/mol. The molecule has 0 aliphatic carbocycles. The summed E-state index contributed by atoms with van der Waals surface area (Å²) in [6, 6.07) is 20.3. The summed E-state index contributed by atoms with van der Waals surface area (Å²) in [6.07, 6.45) is -0.0400. The molecular weight excluding hydrogens is 712 g/mol. The number of carbonyl (C=O) groups excluding carboxylic acids is 2. The molecule has 15 heteroatoms. The monoisotopic (exact) mass is 751 g/mol. The Balaban J connectivity index is 1.27. The van der Waals surface area contributed by atoms with Crippen molar-refractivity contribution in [3.8, 4) is 23.0 Å². The van der Waals surface area contributed by atoms with Crippen LogP contribution in [0.4, 0.5) is 5.69 Å². The number of phenolic OH excluding ortho intramolecular Hbond substituents is 2. The van der Waals surface area contributed by atoms with Crippen molar-refractivity contribution in [1.82, 2.24) is 0 Å². The Bertz CT molecular complexity index is 2000. The molecule has 274 valence electrons. The Morgan fingerprint density at radius 3 is 1.73 bits per heavy atom. The smallest absolute Gasteiger partial charge is 0.346 e. The van der Waals surface area contributed by atoms with Gasteiger partial charge in [0.25, 0.3) is 5.91 Å². The van der Waals surface area contributed by atoms with E-state index in [-0.39, 0.29) is 67.0 Å². The molecule has 0 unspecified atom stereocenters. The van der Waals surface area contributed by atoms with Crippen LogP contribution in [-0.4, -0.2) is 53.9 Å². The number of anilines is 1. The zero-order chi connectivity index (χ0) is 37.3. The van der Waals surface area contributed by atoms with E-state index in [1.807, 2.05) is 0 Å². The highest BCUT2D eigenvalue weighted by Crippen LogP contribution is 2.71. The lowest BCUT2D eigenvalue weighted by atomic mass is 9.77. The van der Waals surface area contributed by atoms with Crippen molar-refractivity contribution in [1.29, 1.82) is 0 Å². The molecule has 52 heavy (non-hydrogen) atoms. The van der Waals surface area contributed by atoms with Crippen molar-refractivity contribution in [3.63, 3.8) is 0 Å². The molecule has 3 N–H and O–H groups in total. The van der Waals surface area contributed by atoms with Gasteiger partial charge in [0.05, 0.1) is 32.0 Å². The molecule has 1 spiro atoms. The van der Waals surface area contributed by atoms with Crippen LogP contribution in [0.5, 0.6) is 23.0 Å². The van der Waals surface area contributed by atoms with Gasteiger partial charge >= 0.3 is 21.2 Å². The first-order valence-corrected chi connectivity index (χ1v) is 20.0. The van der Waals surface area contributed by atoms with Gasteiger partial charge in [0.2, 0.25) is 0 Å². The maximum Gasteiger partial charge on any atom is 0.346 e. The van der Waals surface area contributed by atoms with E-state index in [2.05, 4.69) is 5.32 Å². The van der Waals surface area contributed by atoms with Crippen LogP contribution in [0.1, 0.15) is 70.7 Å². The van der Waals surface area contributed by atoms with E-state index in [1.165, 1.54) is 30.3 Å². The molecule has 0 saturated carbocycles. The molecule has 0 saturated heterocycles. The number of carbonyl (C=O) groups is 2. The highest BCUT2D eigenvalue weighted by molar-refractivity contribution is 7.72. The third kappa shape index (κ3) is 6.76. The van der Waals surface area contributed by atoms with Gasteiger partial charge in [-0.3, -0.25) is 13.9 Å². The summed E-state index contributed by atoms with van der Waals surface area (Å²) in [6.45, 7) is 6.84. The molecule has 4 aromatic carbocycles. The molecule has 1 amide bonds. The molecule has 0 fully saturated rings. The van der Waals surface area contributed by atoms with Crippen molar-refractivity contribution in [2.75, 3.05) is 31.7 Å². The molecular formula is C37H39NO12P2. The van der Waals surface area contributed by atoms with Crippen LogP contribution in [0.15, 0.2) is 78.9 Å². The highest BCUT2D eigenvalue weighted by Gasteiger charge is 2.54. The van der Waals surface area contributed by atoms with E-state index >= 15 is 0 Å². The minimum Gasteiger partial charge on any atom is -0.508 e. The second-order valence-corrected chi connectivity index (χ2v) is 16.7. The summed E-state index contributed by atoms with van der Waals surface area (Å²) < 4.78 is 62.3. The van der Waals surface area contributed by atoms with E-state index in [1.54, 1.807) is 76.2 Å². The van der Waals surface area contributed by atoms with Gasteiger partial charge in [-0.15, -0.1) is 0 Å². The SMILES string of the molecule is CCOP(=O)(OCC)C(Cc1ccc(C(=O)Nc2ccc3c(c2)C(=O)OC32c3ccc(O)cc3Oc3cc(O)ccc32)cc1)P(=O)(OCC)OCC. The van der Waals surface area contributed by atoms with E-state index in [9.17, 15) is 28.9 Å². The van der Waals surface area contributed by atoms with Crippen molar-refractivity contribution in [2.45, 2.75) is 45.1 Å². The van der Waals surface area contributed by atoms with Crippen LogP contribution in [0.25, 0.3) is 0 Å². The lowest BCUT2D eigenvalue weighted by molar-refractivity contribution is 0.0224. The third-order valence-electron chi connectivity index (χ3n) is 8.63. The average molecular weight is 752 g/mol. The fourth-order valence-electron chi connectivity index (χ4n) is 6.52. The Kier molecular flexibility index (Phi) is 10.7. The molecule has 0 radical (unpaired) electrons. The first kappa shape index (κ1) is 37.3. The molecule has 2 aliphatic rings. The van der Waals surface area contributed by atoms with Crippen LogP contribution in [0.3, 0.4) is 0 Å². The average Bonchev–Trinajstić information content (AvgIpc) is 3.38. The zero-order valence-electron chi connectivity index (χ0n) is 29.0.